The first-order valence-electron chi connectivity index (χ1n) is 5.45. The van der Waals surface area contributed by atoms with Gasteiger partial charge in [-0.2, -0.15) is 0 Å². The third kappa shape index (κ3) is 2.86. The van der Waals surface area contributed by atoms with Gasteiger partial charge in [-0.15, -0.1) is 12.4 Å². The van der Waals surface area contributed by atoms with Crippen LogP contribution in [0.1, 0.15) is 13.3 Å². The minimum absolute atomic E-state index is 0. The molecule has 2 unspecified atom stereocenters. The van der Waals surface area contributed by atoms with Crippen LogP contribution in [0.2, 0.25) is 0 Å². The summed E-state index contributed by atoms with van der Waals surface area (Å²) in [6.45, 7) is 4.94. The van der Waals surface area contributed by atoms with Gasteiger partial charge in [0, 0.05) is 38.6 Å². The molecule has 2 heterocycles. The lowest BCUT2D eigenvalue weighted by Gasteiger charge is -2.33. The fraction of sp³-hybridized carbons (Fsp3) is 0.800. The summed E-state index contributed by atoms with van der Waals surface area (Å²) >= 11 is 0. The van der Waals surface area contributed by atoms with Crippen LogP contribution >= 0.6 is 12.4 Å². The molecule has 16 heavy (non-hydrogen) atoms. The Morgan fingerprint density at radius 3 is 2.81 bits per heavy atom. The monoisotopic (exact) mass is 247 g/mol. The lowest BCUT2D eigenvalue weighted by atomic mass is 10.1. The zero-order chi connectivity index (χ0) is 10.8. The fourth-order valence-corrected chi connectivity index (χ4v) is 2.17. The van der Waals surface area contributed by atoms with Gasteiger partial charge in [0.2, 0.25) is 11.8 Å². The van der Waals surface area contributed by atoms with E-state index in [2.05, 4.69) is 17.6 Å². The van der Waals surface area contributed by atoms with Crippen molar-refractivity contribution < 1.29 is 9.59 Å². The van der Waals surface area contributed by atoms with Crippen LogP contribution in [-0.2, 0) is 9.59 Å². The molecule has 2 aliphatic rings. The van der Waals surface area contributed by atoms with E-state index in [1.807, 2.05) is 4.90 Å². The molecule has 2 aliphatic heterocycles. The molecule has 5 nitrogen and oxygen atoms in total. The molecule has 92 valence electrons. The molecule has 0 radical (unpaired) electrons. The summed E-state index contributed by atoms with van der Waals surface area (Å²) in [6, 6.07) is 0.354. The lowest BCUT2D eigenvalue weighted by Crippen LogP contribution is -2.53. The minimum Gasteiger partial charge on any atom is -0.355 e. The molecular weight excluding hydrogens is 230 g/mol. The van der Waals surface area contributed by atoms with Crippen LogP contribution in [0.25, 0.3) is 0 Å². The van der Waals surface area contributed by atoms with Gasteiger partial charge in [0.05, 0.1) is 5.92 Å². The van der Waals surface area contributed by atoms with Gasteiger partial charge in [-0.25, -0.2) is 0 Å². The molecular formula is C10H18ClN3O2. The topological polar surface area (TPSA) is 61.4 Å². The maximum absolute atomic E-state index is 12.0. The van der Waals surface area contributed by atoms with Crippen molar-refractivity contribution in [2.45, 2.75) is 19.4 Å². The second kappa shape index (κ2) is 5.50. The van der Waals surface area contributed by atoms with E-state index in [9.17, 15) is 9.59 Å². The van der Waals surface area contributed by atoms with Crippen molar-refractivity contribution in [1.29, 1.82) is 0 Å². The van der Waals surface area contributed by atoms with Gasteiger partial charge in [0.1, 0.15) is 0 Å². The molecule has 0 bridgehead atoms. The van der Waals surface area contributed by atoms with Gasteiger partial charge in [0.15, 0.2) is 0 Å². The highest BCUT2D eigenvalue weighted by molar-refractivity contribution is 5.89. The first kappa shape index (κ1) is 13.3. The van der Waals surface area contributed by atoms with Crippen LogP contribution in [0.5, 0.6) is 0 Å². The van der Waals surface area contributed by atoms with Gasteiger partial charge in [-0.1, -0.05) is 0 Å². The summed E-state index contributed by atoms with van der Waals surface area (Å²) < 4.78 is 0. The van der Waals surface area contributed by atoms with Crippen LogP contribution in [0.3, 0.4) is 0 Å². The fourth-order valence-electron chi connectivity index (χ4n) is 2.17. The van der Waals surface area contributed by atoms with E-state index in [0.29, 0.717) is 19.0 Å². The van der Waals surface area contributed by atoms with Crippen LogP contribution in [0.15, 0.2) is 0 Å². The van der Waals surface area contributed by atoms with Crippen molar-refractivity contribution in [2.75, 3.05) is 26.2 Å². The number of carbonyl (C=O) groups excluding carboxylic acids is 2. The standard InChI is InChI=1S/C10H17N3O2.ClH/c1-7-6-13(3-2-11-7)10(15)8-4-9(14)12-5-8;/h7-8,11H,2-6H2,1H3,(H,12,14);1H. The lowest BCUT2D eigenvalue weighted by molar-refractivity contribution is -0.136. The van der Waals surface area contributed by atoms with E-state index in [1.54, 1.807) is 0 Å². The number of carbonyl (C=O) groups is 2. The van der Waals surface area contributed by atoms with Crippen LogP contribution in [0.4, 0.5) is 0 Å². The van der Waals surface area contributed by atoms with Crippen LogP contribution in [0, 0.1) is 5.92 Å². The molecule has 0 saturated carbocycles. The normalized spacial score (nSPS) is 29.6. The Labute approximate surface area is 101 Å². The second-order valence-corrected chi connectivity index (χ2v) is 4.34. The third-order valence-corrected chi connectivity index (χ3v) is 3.01. The van der Waals surface area contributed by atoms with Gasteiger partial charge < -0.3 is 15.5 Å². The van der Waals surface area contributed by atoms with Crippen molar-refractivity contribution >= 4 is 24.2 Å². The average molecular weight is 248 g/mol. The highest BCUT2D eigenvalue weighted by Crippen LogP contribution is 2.13. The number of nitrogens with zero attached hydrogens (tertiary/aromatic N) is 1. The largest absolute Gasteiger partial charge is 0.355 e. The van der Waals surface area contributed by atoms with E-state index in [1.165, 1.54) is 0 Å². The molecule has 0 spiro atoms. The van der Waals surface area contributed by atoms with Crippen molar-refractivity contribution in [3.63, 3.8) is 0 Å². The summed E-state index contributed by atoms with van der Waals surface area (Å²) in [7, 11) is 0. The highest BCUT2D eigenvalue weighted by atomic mass is 35.5. The minimum atomic E-state index is -0.136. The van der Waals surface area contributed by atoms with Crippen molar-refractivity contribution in [1.82, 2.24) is 15.5 Å². The molecule has 0 aromatic carbocycles. The van der Waals surface area contributed by atoms with E-state index in [-0.39, 0.29) is 30.1 Å². The van der Waals surface area contributed by atoms with Crippen molar-refractivity contribution in [3.05, 3.63) is 0 Å². The maximum atomic E-state index is 12.0. The summed E-state index contributed by atoms with van der Waals surface area (Å²) in [5.41, 5.74) is 0. The predicted octanol–water partition coefficient (Wildman–Crippen LogP) is -0.635. The van der Waals surface area contributed by atoms with Gasteiger partial charge >= 0.3 is 0 Å². The Balaban J connectivity index is 0.00000128. The van der Waals surface area contributed by atoms with Crippen molar-refractivity contribution in [3.8, 4) is 0 Å². The van der Waals surface area contributed by atoms with Gasteiger partial charge in [-0.05, 0) is 6.92 Å². The number of rotatable bonds is 1. The van der Waals surface area contributed by atoms with E-state index in [4.69, 9.17) is 0 Å². The number of halogens is 1. The Bertz CT molecular complexity index is 285. The first-order valence-corrected chi connectivity index (χ1v) is 5.45. The van der Waals surface area contributed by atoms with Gasteiger partial charge in [0.25, 0.3) is 0 Å². The molecule has 2 saturated heterocycles. The smallest absolute Gasteiger partial charge is 0.228 e. The number of piperazine rings is 1. The molecule has 6 heteroatoms. The Kier molecular flexibility index (Phi) is 4.56. The third-order valence-electron chi connectivity index (χ3n) is 3.01. The molecule has 2 N–H and O–H groups in total. The molecule has 2 rings (SSSR count). The molecule has 2 fully saturated rings. The van der Waals surface area contributed by atoms with Crippen LogP contribution < -0.4 is 10.6 Å². The number of hydrogen-bond donors (Lipinski definition) is 2. The first-order chi connectivity index (χ1) is 7.16. The molecule has 2 amide bonds. The molecule has 2 atom stereocenters. The Hall–Kier alpha value is -0.810. The molecule has 0 aromatic rings. The summed E-state index contributed by atoms with van der Waals surface area (Å²) in [6.07, 6.45) is 0.358. The molecule has 0 aromatic heterocycles. The van der Waals surface area contributed by atoms with E-state index < -0.39 is 0 Å². The second-order valence-electron chi connectivity index (χ2n) is 4.34. The van der Waals surface area contributed by atoms with Gasteiger partial charge in [-0.3, -0.25) is 9.59 Å². The Morgan fingerprint density at radius 1 is 1.50 bits per heavy atom. The molecule has 0 aliphatic carbocycles. The summed E-state index contributed by atoms with van der Waals surface area (Å²) in [5, 5.41) is 5.99. The number of hydrogen-bond acceptors (Lipinski definition) is 3. The highest BCUT2D eigenvalue weighted by Gasteiger charge is 2.32. The average Bonchev–Trinajstić information content (AvgIpc) is 2.64. The summed E-state index contributed by atoms with van der Waals surface area (Å²) in [4.78, 5) is 24.9. The zero-order valence-electron chi connectivity index (χ0n) is 9.36. The van der Waals surface area contributed by atoms with Crippen LogP contribution in [-0.4, -0.2) is 48.9 Å². The van der Waals surface area contributed by atoms with Crippen molar-refractivity contribution in [2.24, 2.45) is 5.92 Å². The maximum Gasteiger partial charge on any atom is 0.228 e. The predicted molar refractivity (Wildman–Crippen MR) is 62.4 cm³/mol. The zero-order valence-corrected chi connectivity index (χ0v) is 10.2. The number of nitrogens with one attached hydrogen (secondary N) is 2. The Morgan fingerprint density at radius 2 is 2.25 bits per heavy atom. The van der Waals surface area contributed by atoms with E-state index >= 15 is 0 Å². The SMILES string of the molecule is CC1CN(C(=O)C2CNC(=O)C2)CCN1.Cl. The van der Waals surface area contributed by atoms with E-state index in [0.717, 1.165) is 19.6 Å². The quantitative estimate of drug-likeness (QED) is 0.648. The number of amides is 2. The summed E-state index contributed by atoms with van der Waals surface area (Å²) in [5.74, 6) is -0.0129.